The van der Waals surface area contributed by atoms with E-state index in [2.05, 4.69) is 10.8 Å². The number of nitrogens with one attached hydrogen (secondary N) is 2. The van der Waals surface area contributed by atoms with Gasteiger partial charge in [-0.3, -0.25) is 9.63 Å². The maximum atomic E-state index is 12.1. The summed E-state index contributed by atoms with van der Waals surface area (Å²) in [5.41, 5.74) is 4.05. The zero-order valence-electron chi connectivity index (χ0n) is 10.3. The molecule has 96 valence electrons. The molecule has 18 heavy (non-hydrogen) atoms. The lowest BCUT2D eigenvalue weighted by Gasteiger charge is -2.12. The monoisotopic (exact) mass is 246 g/mol. The van der Waals surface area contributed by atoms with Gasteiger partial charge in [0.2, 0.25) is 5.91 Å². The Kier molecular flexibility index (Phi) is 3.30. The highest BCUT2D eigenvalue weighted by atomic mass is 16.7. The topological polar surface area (TPSA) is 50.4 Å². The summed E-state index contributed by atoms with van der Waals surface area (Å²) in [4.78, 5) is 17.5. The lowest BCUT2D eigenvalue weighted by Crippen LogP contribution is -2.30. The molecule has 1 amide bonds. The van der Waals surface area contributed by atoms with Crippen LogP contribution in [0.2, 0.25) is 0 Å². The van der Waals surface area contributed by atoms with Crippen molar-refractivity contribution in [2.45, 2.75) is 25.5 Å². The molecule has 3 unspecified atom stereocenters. The van der Waals surface area contributed by atoms with Crippen LogP contribution in [0.1, 0.15) is 18.4 Å². The molecule has 1 saturated carbocycles. The zero-order valence-corrected chi connectivity index (χ0v) is 10.3. The lowest BCUT2D eigenvalue weighted by molar-refractivity contribution is -0.125. The maximum absolute atomic E-state index is 12.1. The molecule has 2 N–H and O–H groups in total. The van der Waals surface area contributed by atoms with Crippen molar-refractivity contribution in [3.63, 3.8) is 0 Å². The molecule has 0 spiro atoms. The molecule has 1 aromatic rings. The van der Waals surface area contributed by atoms with Crippen molar-refractivity contribution in [2.24, 2.45) is 11.8 Å². The van der Waals surface area contributed by atoms with Gasteiger partial charge in [0, 0.05) is 24.9 Å². The quantitative estimate of drug-likeness (QED) is 0.843. The fourth-order valence-corrected chi connectivity index (χ4v) is 2.85. The third-order valence-corrected chi connectivity index (χ3v) is 3.89. The van der Waals surface area contributed by atoms with E-state index in [1.54, 1.807) is 0 Å². The van der Waals surface area contributed by atoms with E-state index in [-0.39, 0.29) is 17.9 Å². The molecule has 1 heterocycles. The molecule has 2 aliphatic rings. The summed E-state index contributed by atoms with van der Waals surface area (Å²) < 4.78 is 0. The van der Waals surface area contributed by atoms with Gasteiger partial charge < -0.3 is 5.32 Å². The number of hydrogen-bond donors (Lipinski definition) is 2. The summed E-state index contributed by atoms with van der Waals surface area (Å²) in [5.74, 6) is 0.792. The van der Waals surface area contributed by atoms with Gasteiger partial charge in [-0.15, -0.1) is 0 Å². The molecule has 2 fully saturated rings. The van der Waals surface area contributed by atoms with E-state index in [0.717, 1.165) is 24.9 Å². The van der Waals surface area contributed by atoms with Crippen molar-refractivity contribution in [2.75, 3.05) is 6.54 Å². The van der Waals surface area contributed by atoms with Crippen molar-refractivity contribution in [3.8, 4) is 0 Å². The predicted molar refractivity (Wildman–Crippen MR) is 67.4 cm³/mol. The second-order valence-electron chi connectivity index (χ2n) is 5.14. The molecule has 1 aliphatic carbocycles. The first-order valence-electron chi connectivity index (χ1n) is 6.53. The molecule has 0 bridgehead atoms. The smallest absolute Gasteiger partial charge is 0.223 e. The van der Waals surface area contributed by atoms with E-state index in [0.29, 0.717) is 12.5 Å². The Labute approximate surface area is 107 Å². The Morgan fingerprint density at radius 2 is 2.17 bits per heavy atom. The van der Waals surface area contributed by atoms with Crippen molar-refractivity contribution < 1.29 is 9.63 Å². The highest BCUT2D eigenvalue weighted by molar-refractivity contribution is 5.79. The normalized spacial score (nSPS) is 30.1. The average molecular weight is 246 g/mol. The minimum atomic E-state index is 0.116. The number of carbonyl (C=O) groups is 1. The van der Waals surface area contributed by atoms with Gasteiger partial charge in [-0.25, -0.2) is 5.48 Å². The largest absolute Gasteiger partial charge is 0.352 e. The van der Waals surface area contributed by atoms with Crippen LogP contribution < -0.4 is 10.8 Å². The Bertz CT molecular complexity index is 409. The van der Waals surface area contributed by atoms with Crippen LogP contribution in [0.3, 0.4) is 0 Å². The zero-order chi connectivity index (χ0) is 12.4. The van der Waals surface area contributed by atoms with Crippen LogP contribution in [0.15, 0.2) is 30.3 Å². The van der Waals surface area contributed by atoms with Crippen LogP contribution in [-0.2, 0) is 16.2 Å². The van der Waals surface area contributed by atoms with Gasteiger partial charge in [0.15, 0.2) is 0 Å². The predicted octanol–water partition coefficient (Wildman–Crippen LogP) is 1.23. The van der Waals surface area contributed by atoms with E-state index in [1.807, 2.05) is 30.3 Å². The molecule has 0 radical (unpaired) electrons. The molecular formula is C14H18N2O2. The molecule has 4 heteroatoms. The highest BCUT2D eigenvalue weighted by Crippen LogP contribution is 2.35. The second-order valence-corrected chi connectivity index (χ2v) is 5.14. The molecule has 4 nitrogen and oxygen atoms in total. The molecule has 3 rings (SSSR count). The number of carbonyl (C=O) groups excluding carboxylic acids is 1. The average Bonchev–Trinajstić information content (AvgIpc) is 2.98. The van der Waals surface area contributed by atoms with Gasteiger partial charge in [0.25, 0.3) is 0 Å². The summed E-state index contributed by atoms with van der Waals surface area (Å²) in [6.07, 6.45) is 2.02. The summed E-state index contributed by atoms with van der Waals surface area (Å²) in [6, 6.07) is 10.0. The second kappa shape index (κ2) is 5.08. The molecule has 0 aromatic heterocycles. The van der Waals surface area contributed by atoms with Crippen molar-refractivity contribution in [1.82, 2.24) is 10.8 Å². The van der Waals surface area contributed by atoms with Gasteiger partial charge in [0.05, 0.1) is 6.10 Å². The van der Waals surface area contributed by atoms with Crippen molar-refractivity contribution in [1.29, 1.82) is 0 Å². The van der Waals surface area contributed by atoms with Crippen LogP contribution in [-0.4, -0.2) is 18.6 Å². The number of fused-ring (bicyclic) bond motifs is 1. The van der Waals surface area contributed by atoms with E-state index in [1.165, 1.54) is 0 Å². The van der Waals surface area contributed by atoms with Crippen LogP contribution >= 0.6 is 0 Å². The molecule has 1 saturated heterocycles. The van der Waals surface area contributed by atoms with Gasteiger partial charge in [-0.1, -0.05) is 30.3 Å². The Morgan fingerprint density at radius 1 is 1.33 bits per heavy atom. The Balaban J connectivity index is 1.50. The van der Waals surface area contributed by atoms with Gasteiger partial charge in [0.1, 0.15) is 0 Å². The van der Waals surface area contributed by atoms with E-state index < -0.39 is 0 Å². The molecule has 1 aromatic carbocycles. The third-order valence-electron chi connectivity index (χ3n) is 3.89. The lowest BCUT2D eigenvalue weighted by atomic mass is 10.0. The molecule has 1 aliphatic heterocycles. The van der Waals surface area contributed by atoms with Crippen molar-refractivity contribution >= 4 is 5.91 Å². The fourth-order valence-electron chi connectivity index (χ4n) is 2.85. The van der Waals surface area contributed by atoms with Gasteiger partial charge in [-0.2, -0.15) is 0 Å². The van der Waals surface area contributed by atoms with E-state index in [9.17, 15) is 4.79 Å². The first-order chi connectivity index (χ1) is 8.83. The van der Waals surface area contributed by atoms with Gasteiger partial charge >= 0.3 is 0 Å². The number of benzene rings is 1. The Hall–Kier alpha value is -1.39. The summed E-state index contributed by atoms with van der Waals surface area (Å²) in [6.45, 7) is 1.50. The minimum absolute atomic E-state index is 0.116. The number of hydrogen-bond acceptors (Lipinski definition) is 3. The molecular weight excluding hydrogens is 228 g/mol. The van der Waals surface area contributed by atoms with Crippen LogP contribution in [0.5, 0.6) is 0 Å². The number of hydroxylamine groups is 1. The van der Waals surface area contributed by atoms with E-state index in [4.69, 9.17) is 4.84 Å². The summed E-state index contributed by atoms with van der Waals surface area (Å²) >= 11 is 0. The first kappa shape index (κ1) is 11.7. The van der Waals surface area contributed by atoms with Gasteiger partial charge in [-0.05, 0) is 18.4 Å². The fraction of sp³-hybridized carbons (Fsp3) is 0.500. The Morgan fingerprint density at radius 3 is 2.94 bits per heavy atom. The van der Waals surface area contributed by atoms with E-state index >= 15 is 0 Å². The third kappa shape index (κ3) is 2.40. The minimum Gasteiger partial charge on any atom is -0.352 e. The number of rotatable bonds is 3. The number of amides is 1. The van der Waals surface area contributed by atoms with Crippen molar-refractivity contribution in [3.05, 3.63) is 35.9 Å². The SMILES string of the molecule is O=C(NCc1ccccc1)C1CC2CNOC2C1. The summed E-state index contributed by atoms with van der Waals surface area (Å²) in [5, 5.41) is 3.02. The molecule has 3 atom stereocenters. The maximum Gasteiger partial charge on any atom is 0.223 e. The highest BCUT2D eigenvalue weighted by Gasteiger charge is 2.41. The standard InChI is InChI=1S/C14H18N2O2/c17-14(15-8-10-4-2-1-3-5-10)11-6-12-9-16-18-13(12)7-11/h1-5,11-13,16H,6-9H2,(H,15,17). The summed E-state index contributed by atoms with van der Waals surface area (Å²) in [7, 11) is 0. The van der Waals surface area contributed by atoms with Crippen LogP contribution in [0.25, 0.3) is 0 Å². The van der Waals surface area contributed by atoms with Crippen LogP contribution in [0.4, 0.5) is 0 Å². The first-order valence-corrected chi connectivity index (χ1v) is 6.53. The van der Waals surface area contributed by atoms with Crippen LogP contribution in [0, 0.1) is 11.8 Å².